The van der Waals surface area contributed by atoms with Crippen molar-refractivity contribution < 1.29 is 28.9 Å². The predicted molar refractivity (Wildman–Crippen MR) is 146 cm³/mol. The summed E-state index contributed by atoms with van der Waals surface area (Å²) in [7, 11) is 3.10. The number of aliphatic hydroxyl groups excluding tert-OH is 1. The first-order valence-corrected chi connectivity index (χ1v) is 12.8. The highest BCUT2D eigenvalue weighted by Crippen LogP contribution is 2.42. The highest BCUT2D eigenvalue weighted by atomic mass is 16.5. The van der Waals surface area contributed by atoms with Gasteiger partial charge in [0, 0.05) is 12.1 Å². The second-order valence-corrected chi connectivity index (χ2v) is 9.07. The highest BCUT2D eigenvalue weighted by molar-refractivity contribution is 6.46. The molecule has 0 aliphatic carbocycles. The molecule has 0 bridgehead atoms. The summed E-state index contributed by atoms with van der Waals surface area (Å²) in [5.74, 6) is 0.0879. The summed E-state index contributed by atoms with van der Waals surface area (Å²) in [4.78, 5) is 28.2. The van der Waals surface area contributed by atoms with Crippen molar-refractivity contribution in [2.45, 2.75) is 32.2 Å². The molecule has 1 heterocycles. The number of likely N-dealkylation sites (tertiary alicyclic amines) is 1. The first-order chi connectivity index (χ1) is 18.5. The third-order valence-electron chi connectivity index (χ3n) is 6.65. The number of aliphatic hydroxyl groups is 1. The van der Waals surface area contributed by atoms with Gasteiger partial charge in [-0.3, -0.25) is 9.59 Å². The van der Waals surface area contributed by atoms with Gasteiger partial charge in [-0.1, -0.05) is 49.7 Å². The molecule has 198 valence electrons. The number of carbonyl (C=O) groups is 2. The second-order valence-electron chi connectivity index (χ2n) is 9.07. The topological polar surface area (TPSA) is 85.3 Å². The Labute approximate surface area is 223 Å². The van der Waals surface area contributed by atoms with Crippen LogP contribution in [-0.2, 0) is 16.0 Å². The van der Waals surface area contributed by atoms with Crippen LogP contribution in [0.2, 0.25) is 0 Å². The number of amides is 1. The largest absolute Gasteiger partial charge is 0.507 e. The van der Waals surface area contributed by atoms with Crippen molar-refractivity contribution in [3.8, 4) is 17.2 Å². The Morgan fingerprint density at radius 2 is 1.66 bits per heavy atom. The van der Waals surface area contributed by atoms with E-state index in [0.29, 0.717) is 47.9 Å². The van der Waals surface area contributed by atoms with Gasteiger partial charge in [-0.15, -0.1) is 0 Å². The van der Waals surface area contributed by atoms with Gasteiger partial charge >= 0.3 is 0 Å². The van der Waals surface area contributed by atoms with Crippen LogP contribution in [0.5, 0.6) is 17.2 Å². The average Bonchev–Trinajstić information content (AvgIpc) is 3.21. The van der Waals surface area contributed by atoms with Crippen LogP contribution in [0, 0.1) is 0 Å². The number of ether oxygens (including phenoxy) is 3. The van der Waals surface area contributed by atoms with Gasteiger partial charge in [-0.05, 0) is 60.4 Å². The summed E-state index contributed by atoms with van der Waals surface area (Å²) in [6.07, 6.45) is 2.47. The lowest BCUT2D eigenvalue weighted by Crippen LogP contribution is -2.31. The van der Waals surface area contributed by atoms with Gasteiger partial charge in [0.15, 0.2) is 11.5 Å². The van der Waals surface area contributed by atoms with E-state index in [4.69, 9.17) is 14.2 Å². The number of methoxy groups -OCH3 is 2. The molecule has 0 spiro atoms. The molecular weight excluding hydrogens is 482 g/mol. The van der Waals surface area contributed by atoms with Gasteiger partial charge in [0.1, 0.15) is 11.5 Å². The number of hydrogen-bond acceptors (Lipinski definition) is 6. The quantitative estimate of drug-likeness (QED) is 0.156. The van der Waals surface area contributed by atoms with Crippen molar-refractivity contribution in [1.29, 1.82) is 0 Å². The SMILES string of the molecule is CCCCOc1ccc(C2C(=C(O)c3ccc(OC)cc3)C(=O)C(=O)N2CCc2ccccc2)cc1OC. The Balaban J connectivity index is 1.77. The maximum atomic E-state index is 13.4. The van der Waals surface area contributed by atoms with Crippen molar-refractivity contribution in [2.75, 3.05) is 27.4 Å². The Hall–Kier alpha value is -4.26. The molecule has 1 N–H and O–H groups in total. The number of hydrogen-bond donors (Lipinski definition) is 1. The maximum absolute atomic E-state index is 13.4. The molecule has 1 saturated heterocycles. The summed E-state index contributed by atoms with van der Waals surface area (Å²) in [6.45, 7) is 2.94. The van der Waals surface area contributed by atoms with Crippen LogP contribution >= 0.6 is 0 Å². The summed E-state index contributed by atoms with van der Waals surface area (Å²) in [5.41, 5.74) is 2.14. The highest BCUT2D eigenvalue weighted by Gasteiger charge is 2.46. The molecule has 1 aliphatic heterocycles. The molecule has 7 heteroatoms. The zero-order valence-electron chi connectivity index (χ0n) is 22.0. The Morgan fingerprint density at radius 1 is 0.921 bits per heavy atom. The molecule has 3 aromatic carbocycles. The fourth-order valence-corrected chi connectivity index (χ4v) is 4.56. The van der Waals surface area contributed by atoms with Crippen molar-refractivity contribution in [1.82, 2.24) is 4.90 Å². The van der Waals surface area contributed by atoms with E-state index in [2.05, 4.69) is 6.92 Å². The number of unbranched alkanes of at least 4 members (excludes halogenated alkanes) is 1. The first-order valence-electron chi connectivity index (χ1n) is 12.8. The first kappa shape index (κ1) is 26.8. The lowest BCUT2D eigenvalue weighted by Gasteiger charge is -2.26. The van der Waals surface area contributed by atoms with E-state index >= 15 is 0 Å². The molecule has 1 atom stereocenters. The normalized spacial score (nSPS) is 16.5. The molecule has 1 amide bonds. The number of rotatable bonds is 11. The number of carbonyl (C=O) groups excluding carboxylic acids is 2. The number of benzene rings is 3. The van der Waals surface area contributed by atoms with Crippen LogP contribution in [0.3, 0.4) is 0 Å². The lowest BCUT2D eigenvalue weighted by atomic mass is 9.94. The summed E-state index contributed by atoms with van der Waals surface area (Å²) < 4.78 is 16.7. The number of ketones is 1. The van der Waals surface area contributed by atoms with Crippen molar-refractivity contribution >= 4 is 17.4 Å². The zero-order chi connectivity index (χ0) is 27.1. The fraction of sp³-hybridized carbons (Fsp3) is 0.290. The lowest BCUT2D eigenvalue weighted by molar-refractivity contribution is -0.139. The monoisotopic (exact) mass is 515 g/mol. The van der Waals surface area contributed by atoms with Crippen LogP contribution in [0.15, 0.2) is 78.4 Å². The van der Waals surface area contributed by atoms with E-state index < -0.39 is 17.7 Å². The Morgan fingerprint density at radius 3 is 2.32 bits per heavy atom. The van der Waals surface area contributed by atoms with Crippen LogP contribution in [0.4, 0.5) is 0 Å². The zero-order valence-corrected chi connectivity index (χ0v) is 22.0. The third-order valence-corrected chi connectivity index (χ3v) is 6.65. The molecule has 4 rings (SSSR count). The van der Waals surface area contributed by atoms with Gasteiger partial charge < -0.3 is 24.2 Å². The van der Waals surface area contributed by atoms with Crippen molar-refractivity contribution in [3.05, 3.63) is 95.1 Å². The minimum Gasteiger partial charge on any atom is -0.507 e. The predicted octanol–water partition coefficient (Wildman–Crippen LogP) is 5.55. The van der Waals surface area contributed by atoms with Crippen molar-refractivity contribution in [3.63, 3.8) is 0 Å². The van der Waals surface area contributed by atoms with E-state index in [-0.39, 0.29) is 11.3 Å². The van der Waals surface area contributed by atoms with E-state index in [1.54, 1.807) is 50.6 Å². The molecule has 3 aromatic rings. The molecule has 38 heavy (non-hydrogen) atoms. The Bertz CT molecular complexity index is 1300. The Kier molecular flexibility index (Phi) is 8.69. The third kappa shape index (κ3) is 5.67. The van der Waals surface area contributed by atoms with Crippen LogP contribution < -0.4 is 14.2 Å². The van der Waals surface area contributed by atoms with Gasteiger partial charge in [-0.2, -0.15) is 0 Å². The van der Waals surface area contributed by atoms with Gasteiger partial charge in [-0.25, -0.2) is 0 Å². The maximum Gasteiger partial charge on any atom is 0.295 e. The summed E-state index contributed by atoms with van der Waals surface area (Å²) in [5, 5.41) is 11.3. The summed E-state index contributed by atoms with van der Waals surface area (Å²) in [6, 6.07) is 21.1. The standard InChI is InChI=1S/C31H33NO6/c1-4-5-19-38-25-16-13-23(20-26(25)37-3)28-27(29(33)22-11-14-24(36-2)15-12-22)30(34)31(35)32(28)18-17-21-9-7-6-8-10-21/h6-16,20,28,33H,4-5,17-19H2,1-3H3. The van der Waals surface area contributed by atoms with Gasteiger partial charge in [0.2, 0.25) is 0 Å². The van der Waals surface area contributed by atoms with Crippen molar-refractivity contribution in [2.24, 2.45) is 0 Å². The van der Waals surface area contributed by atoms with Gasteiger partial charge in [0.25, 0.3) is 11.7 Å². The van der Waals surface area contributed by atoms with E-state index in [1.165, 1.54) is 4.90 Å². The number of nitrogens with zero attached hydrogens (tertiary/aromatic N) is 1. The molecule has 1 fully saturated rings. The second kappa shape index (κ2) is 12.3. The molecule has 1 aliphatic rings. The molecular formula is C31H33NO6. The fourth-order valence-electron chi connectivity index (χ4n) is 4.56. The molecule has 0 aromatic heterocycles. The minimum atomic E-state index is -0.792. The molecule has 1 unspecified atom stereocenters. The number of Topliss-reactive ketones (excluding diaryl/α,β-unsaturated/α-hetero) is 1. The van der Waals surface area contributed by atoms with Crippen LogP contribution in [0.25, 0.3) is 5.76 Å². The minimum absolute atomic E-state index is 0.0370. The average molecular weight is 516 g/mol. The van der Waals surface area contributed by atoms with Crippen LogP contribution in [-0.4, -0.2) is 49.1 Å². The van der Waals surface area contributed by atoms with E-state index in [1.807, 2.05) is 36.4 Å². The summed E-state index contributed by atoms with van der Waals surface area (Å²) >= 11 is 0. The molecule has 0 saturated carbocycles. The molecule has 7 nitrogen and oxygen atoms in total. The van der Waals surface area contributed by atoms with E-state index in [0.717, 1.165) is 18.4 Å². The smallest absolute Gasteiger partial charge is 0.295 e. The molecule has 0 radical (unpaired) electrons. The van der Waals surface area contributed by atoms with Gasteiger partial charge in [0.05, 0.1) is 32.4 Å². The van der Waals surface area contributed by atoms with E-state index in [9.17, 15) is 14.7 Å². The van der Waals surface area contributed by atoms with Crippen LogP contribution in [0.1, 0.15) is 42.5 Å².